The smallest absolute Gasteiger partial charge is 0.325 e. The number of hydrogen-bond donors (Lipinski definition) is 5. The molecule has 0 unspecified atom stereocenters. The average molecular weight is 404 g/mol. The second kappa shape index (κ2) is 10.5. The monoisotopic (exact) mass is 404 g/mol. The molecule has 0 aromatic rings. The van der Waals surface area contributed by atoms with Gasteiger partial charge in [-0.05, 0) is 31.7 Å². The van der Waals surface area contributed by atoms with E-state index in [1.165, 1.54) is 0 Å². The molecule has 1 amide bonds. The highest BCUT2D eigenvalue weighted by Crippen LogP contribution is 2.20. The topological polar surface area (TPSA) is 149 Å². The number of rotatable bonds is 7. The van der Waals surface area contributed by atoms with Crippen molar-refractivity contribution in [1.29, 1.82) is 0 Å². The maximum Gasteiger partial charge on any atom is 0.325 e. The first-order chi connectivity index (χ1) is 13.2. The summed E-state index contributed by atoms with van der Waals surface area (Å²) in [5, 5.41) is 40.5. The number of piperidine rings is 1. The van der Waals surface area contributed by atoms with Gasteiger partial charge in [-0.25, -0.2) is 0 Å². The summed E-state index contributed by atoms with van der Waals surface area (Å²) in [7, 11) is 0. The highest BCUT2D eigenvalue weighted by atomic mass is 16.6. The van der Waals surface area contributed by atoms with Gasteiger partial charge in [0, 0.05) is 13.1 Å². The minimum absolute atomic E-state index is 0.199. The van der Waals surface area contributed by atoms with Crippen molar-refractivity contribution in [2.24, 2.45) is 5.92 Å². The fraction of sp³-hybridized carbons (Fsp3) is 0.889. The molecule has 0 aromatic carbocycles. The summed E-state index contributed by atoms with van der Waals surface area (Å²) in [6.07, 6.45) is -6.22. The van der Waals surface area contributed by atoms with Gasteiger partial charge in [-0.15, -0.1) is 0 Å². The molecule has 0 aliphatic carbocycles. The molecule has 0 saturated carbocycles. The first-order valence-electron chi connectivity index (χ1n) is 9.76. The minimum Gasteiger partial charge on any atom is -0.461 e. The molecule has 162 valence electrons. The summed E-state index contributed by atoms with van der Waals surface area (Å²) in [5.74, 6) is -0.852. The molecule has 2 fully saturated rings. The molecule has 5 N–H and O–H groups in total. The van der Waals surface area contributed by atoms with E-state index in [4.69, 9.17) is 9.47 Å². The van der Waals surface area contributed by atoms with Crippen molar-refractivity contribution < 1.29 is 39.5 Å². The third kappa shape index (κ3) is 6.36. The molecule has 2 heterocycles. The van der Waals surface area contributed by atoms with Gasteiger partial charge in [0.2, 0.25) is 0 Å². The Morgan fingerprint density at radius 2 is 1.75 bits per heavy atom. The molecule has 2 aliphatic heterocycles. The van der Waals surface area contributed by atoms with E-state index in [9.17, 15) is 30.0 Å². The lowest BCUT2D eigenvalue weighted by Gasteiger charge is -2.37. The lowest BCUT2D eigenvalue weighted by molar-refractivity contribution is -0.275. The zero-order chi connectivity index (χ0) is 20.8. The highest BCUT2D eigenvalue weighted by molar-refractivity contribution is 5.85. The fourth-order valence-electron chi connectivity index (χ4n) is 3.26. The van der Waals surface area contributed by atoms with Crippen LogP contribution in [0.15, 0.2) is 0 Å². The second-order valence-electron chi connectivity index (χ2n) is 7.85. The summed E-state index contributed by atoms with van der Waals surface area (Å²) in [5.41, 5.74) is 0. The Hall–Kier alpha value is -1.30. The van der Waals surface area contributed by atoms with Gasteiger partial charge in [-0.1, -0.05) is 13.8 Å². The Bertz CT molecular complexity index is 524. The number of carbonyl (C=O) groups is 2. The van der Waals surface area contributed by atoms with Crippen molar-refractivity contribution in [3.05, 3.63) is 0 Å². The van der Waals surface area contributed by atoms with Crippen molar-refractivity contribution in [3.8, 4) is 0 Å². The van der Waals surface area contributed by atoms with Crippen molar-refractivity contribution in [3.63, 3.8) is 0 Å². The number of amides is 1. The summed E-state index contributed by atoms with van der Waals surface area (Å²) >= 11 is 0. The van der Waals surface area contributed by atoms with Crippen LogP contribution in [0.25, 0.3) is 0 Å². The standard InChI is InChI=1S/C18H32N2O8/c1-10(2)3-6-20-7-4-11(5-8-20)27-12(21)9-19-17(25)16-14(23)13(22)15(24)18(26)28-16/h10-11,13-16,18,22-24,26H,3-9H2,1-2H3,(H,19,25)/t13-,14-,15+,16-,18+/m0/s1. The van der Waals surface area contributed by atoms with Gasteiger partial charge >= 0.3 is 5.97 Å². The molecule has 2 saturated heterocycles. The zero-order valence-corrected chi connectivity index (χ0v) is 16.4. The van der Waals surface area contributed by atoms with Crippen LogP contribution in [0.2, 0.25) is 0 Å². The van der Waals surface area contributed by atoms with Crippen LogP contribution in [0.1, 0.15) is 33.1 Å². The maximum absolute atomic E-state index is 12.1. The maximum atomic E-state index is 12.1. The van der Waals surface area contributed by atoms with Crippen LogP contribution < -0.4 is 5.32 Å². The van der Waals surface area contributed by atoms with Gasteiger partial charge in [0.15, 0.2) is 12.4 Å². The Balaban J connectivity index is 1.69. The largest absolute Gasteiger partial charge is 0.461 e. The number of ether oxygens (including phenoxy) is 2. The van der Waals surface area contributed by atoms with Crippen LogP contribution in [0.5, 0.6) is 0 Å². The number of nitrogens with one attached hydrogen (secondary N) is 1. The molecule has 0 bridgehead atoms. The van der Waals surface area contributed by atoms with Crippen molar-refractivity contribution >= 4 is 11.9 Å². The number of aliphatic hydroxyl groups is 4. The Morgan fingerprint density at radius 3 is 2.36 bits per heavy atom. The minimum atomic E-state index is -1.82. The molecule has 0 spiro atoms. The molecule has 0 radical (unpaired) electrons. The number of aliphatic hydroxyl groups excluding tert-OH is 4. The van der Waals surface area contributed by atoms with Crippen molar-refractivity contribution in [1.82, 2.24) is 10.2 Å². The quantitative estimate of drug-likeness (QED) is 0.302. The van der Waals surface area contributed by atoms with E-state index in [0.717, 1.165) is 38.9 Å². The second-order valence-corrected chi connectivity index (χ2v) is 7.85. The molecule has 10 heteroatoms. The van der Waals surface area contributed by atoms with Gasteiger partial charge in [-0.2, -0.15) is 0 Å². The van der Waals surface area contributed by atoms with E-state index in [1.54, 1.807) is 0 Å². The van der Waals surface area contributed by atoms with E-state index in [-0.39, 0.29) is 6.10 Å². The molecule has 28 heavy (non-hydrogen) atoms. The van der Waals surface area contributed by atoms with Gasteiger partial charge < -0.3 is 40.1 Å². The molecular weight excluding hydrogens is 372 g/mol. The zero-order valence-electron chi connectivity index (χ0n) is 16.4. The van der Waals surface area contributed by atoms with Crippen LogP contribution in [-0.4, -0.2) is 100 Å². The molecule has 0 aromatic heterocycles. The number of carbonyl (C=O) groups excluding carboxylic acids is 2. The third-order valence-electron chi connectivity index (χ3n) is 5.11. The molecular formula is C18H32N2O8. The number of likely N-dealkylation sites (tertiary alicyclic amines) is 1. The van der Waals surface area contributed by atoms with Crippen LogP contribution in [0.3, 0.4) is 0 Å². The lowest BCUT2D eigenvalue weighted by atomic mass is 9.98. The van der Waals surface area contributed by atoms with E-state index in [0.29, 0.717) is 5.92 Å². The highest BCUT2D eigenvalue weighted by Gasteiger charge is 2.46. The van der Waals surface area contributed by atoms with E-state index >= 15 is 0 Å². The third-order valence-corrected chi connectivity index (χ3v) is 5.11. The van der Waals surface area contributed by atoms with Gasteiger partial charge in [0.25, 0.3) is 5.91 Å². The predicted octanol–water partition coefficient (Wildman–Crippen LogP) is -2.04. The summed E-state index contributed by atoms with van der Waals surface area (Å²) in [6, 6.07) is 0. The van der Waals surface area contributed by atoms with Crippen molar-refractivity contribution in [2.75, 3.05) is 26.2 Å². The van der Waals surface area contributed by atoms with Crippen LogP contribution in [0, 0.1) is 5.92 Å². The predicted molar refractivity (Wildman–Crippen MR) is 96.9 cm³/mol. The number of esters is 1. The first kappa shape index (κ1) is 23.0. The SMILES string of the molecule is CC(C)CCN1CCC(OC(=O)CNC(=O)[C@H]2O[C@@H](O)[C@H](O)[C@@H](O)[C@@H]2O)CC1. The molecule has 2 rings (SSSR count). The van der Waals surface area contributed by atoms with Gasteiger partial charge in [-0.3, -0.25) is 9.59 Å². The van der Waals surface area contributed by atoms with Gasteiger partial charge in [0.1, 0.15) is 31.0 Å². The Kier molecular flexibility index (Phi) is 8.59. The summed E-state index contributed by atoms with van der Waals surface area (Å²) in [6.45, 7) is 6.69. The Labute approximate surface area is 164 Å². The van der Waals surface area contributed by atoms with Crippen molar-refractivity contribution in [2.45, 2.75) is 69.9 Å². The molecule has 10 nitrogen and oxygen atoms in total. The fourth-order valence-corrected chi connectivity index (χ4v) is 3.26. The number of hydrogen-bond acceptors (Lipinski definition) is 9. The summed E-state index contributed by atoms with van der Waals surface area (Å²) < 4.78 is 10.2. The van der Waals surface area contributed by atoms with E-state index < -0.39 is 49.1 Å². The van der Waals surface area contributed by atoms with E-state index in [1.807, 2.05) is 0 Å². The van der Waals surface area contributed by atoms with Crippen LogP contribution in [-0.2, 0) is 19.1 Å². The van der Waals surface area contributed by atoms with Crippen LogP contribution >= 0.6 is 0 Å². The van der Waals surface area contributed by atoms with E-state index in [2.05, 4.69) is 24.1 Å². The molecule has 2 aliphatic rings. The Morgan fingerprint density at radius 1 is 1.11 bits per heavy atom. The lowest BCUT2D eigenvalue weighted by Crippen LogP contribution is -2.61. The van der Waals surface area contributed by atoms with Crippen LogP contribution in [0.4, 0.5) is 0 Å². The molecule has 5 atom stereocenters. The normalized spacial score (nSPS) is 32.3. The number of nitrogens with zero attached hydrogens (tertiary/aromatic N) is 1. The summed E-state index contributed by atoms with van der Waals surface area (Å²) in [4.78, 5) is 26.4. The van der Waals surface area contributed by atoms with Gasteiger partial charge in [0.05, 0.1) is 0 Å². The average Bonchev–Trinajstić information content (AvgIpc) is 2.66. The first-order valence-corrected chi connectivity index (χ1v) is 9.76.